The maximum absolute atomic E-state index is 11.9. The van der Waals surface area contributed by atoms with Crippen LogP contribution < -0.4 is 10.6 Å². The maximum atomic E-state index is 11.9. The monoisotopic (exact) mass is 312 g/mol. The van der Waals surface area contributed by atoms with Crippen molar-refractivity contribution in [2.24, 2.45) is 5.41 Å². The van der Waals surface area contributed by atoms with Crippen LogP contribution >= 0.6 is 0 Å². The minimum atomic E-state index is -0.463. The molecule has 0 aliphatic heterocycles. The van der Waals surface area contributed by atoms with Gasteiger partial charge in [-0.05, 0) is 36.6 Å². The first-order valence-electron chi connectivity index (χ1n) is 7.82. The number of carbonyl (C=O) groups is 1. The van der Waals surface area contributed by atoms with E-state index in [9.17, 15) is 4.79 Å². The molecule has 0 aliphatic rings. The van der Waals surface area contributed by atoms with Gasteiger partial charge in [0.25, 0.3) is 0 Å². The molecule has 0 aliphatic carbocycles. The van der Waals surface area contributed by atoms with Gasteiger partial charge in [-0.2, -0.15) is 0 Å². The highest BCUT2D eigenvalue weighted by Gasteiger charge is 2.21. The van der Waals surface area contributed by atoms with E-state index in [0.29, 0.717) is 11.6 Å². The van der Waals surface area contributed by atoms with Gasteiger partial charge >= 0.3 is 0 Å². The number of aryl methyl sites for hydroxylation is 2. The van der Waals surface area contributed by atoms with E-state index in [4.69, 9.17) is 0 Å². The number of carbonyl (C=O) groups excluding carboxylic acids is 1. The molecular formula is C18H24N4O. The molecule has 2 rings (SSSR count). The number of benzene rings is 1. The predicted octanol–water partition coefficient (Wildman–Crippen LogP) is 4.08. The van der Waals surface area contributed by atoms with E-state index in [-0.39, 0.29) is 5.91 Å². The SMILES string of the molecule is CCc1cccc(C)c1Nc1ccc(NC(=O)C(C)(C)C)nn1. The van der Waals surface area contributed by atoms with E-state index in [0.717, 1.165) is 17.7 Å². The van der Waals surface area contributed by atoms with E-state index in [1.807, 2.05) is 26.8 Å². The molecule has 5 nitrogen and oxygen atoms in total. The van der Waals surface area contributed by atoms with Gasteiger partial charge in [-0.15, -0.1) is 10.2 Å². The lowest BCUT2D eigenvalue weighted by atomic mass is 9.96. The van der Waals surface area contributed by atoms with Gasteiger partial charge in [0.05, 0.1) is 0 Å². The van der Waals surface area contributed by atoms with Gasteiger partial charge in [0.1, 0.15) is 0 Å². The Balaban J connectivity index is 2.14. The number of aromatic nitrogens is 2. The van der Waals surface area contributed by atoms with Crippen molar-refractivity contribution >= 4 is 23.2 Å². The third-order valence-corrected chi connectivity index (χ3v) is 3.58. The Morgan fingerprint density at radius 3 is 2.30 bits per heavy atom. The predicted molar refractivity (Wildman–Crippen MR) is 94.0 cm³/mol. The second-order valence-electron chi connectivity index (χ2n) is 6.60. The van der Waals surface area contributed by atoms with Crippen LogP contribution in [-0.2, 0) is 11.2 Å². The number of para-hydroxylation sites is 1. The zero-order chi connectivity index (χ0) is 17.0. The average molecular weight is 312 g/mol. The normalized spacial score (nSPS) is 11.2. The van der Waals surface area contributed by atoms with Crippen molar-refractivity contribution in [3.8, 4) is 0 Å². The number of amides is 1. The summed E-state index contributed by atoms with van der Waals surface area (Å²) in [5, 5.41) is 14.3. The second kappa shape index (κ2) is 6.77. The molecule has 0 spiro atoms. The molecule has 23 heavy (non-hydrogen) atoms. The molecule has 2 aromatic rings. The van der Waals surface area contributed by atoms with Gasteiger partial charge in [0.15, 0.2) is 11.6 Å². The van der Waals surface area contributed by atoms with Crippen molar-refractivity contribution in [3.63, 3.8) is 0 Å². The summed E-state index contributed by atoms with van der Waals surface area (Å²) in [6.07, 6.45) is 0.942. The quantitative estimate of drug-likeness (QED) is 0.893. The molecule has 1 aromatic carbocycles. The fourth-order valence-electron chi connectivity index (χ4n) is 2.10. The molecule has 0 saturated carbocycles. The summed E-state index contributed by atoms with van der Waals surface area (Å²) < 4.78 is 0. The first kappa shape index (κ1) is 16.9. The standard InChI is InChI=1S/C18H24N4O/c1-6-13-9-7-8-12(2)16(13)19-14-10-11-15(22-21-14)20-17(23)18(3,4)5/h7-11H,6H2,1-5H3,(H,19,21)(H,20,22,23). The third-order valence-electron chi connectivity index (χ3n) is 3.58. The number of hydrogen-bond acceptors (Lipinski definition) is 4. The highest BCUT2D eigenvalue weighted by Crippen LogP contribution is 2.24. The van der Waals surface area contributed by atoms with E-state index in [1.54, 1.807) is 6.07 Å². The topological polar surface area (TPSA) is 66.9 Å². The van der Waals surface area contributed by atoms with Crippen LogP contribution in [-0.4, -0.2) is 16.1 Å². The minimum absolute atomic E-state index is 0.0836. The fraction of sp³-hybridized carbons (Fsp3) is 0.389. The number of anilines is 3. The minimum Gasteiger partial charge on any atom is -0.338 e. The molecular weight excluding hydrogens is 288 g/mol. The molecule has 0 fully saturated rings. The average Bonchev–Trinajstić information content (AvgIpc) is 2.50. The van der Waals surface area contributed by atoms with Crippen LogP contribution in [0.5, 0.6) is 0 Å². The van der Waals surface area contributed by atoms with E-state index in [2.05, 4.69) is 52.9 Å². The summed E-state index contributed by atoms with van der Waals surface area (Å²) in [6.45, 7) is 9.76. The summed E-state index contributed by atoms with van der Waals surface area (Å²) in [4.78, 5) is 11.9. The Kier molecular flexibility index (Phi) is 4.98. The lowest BCUT2D eigenvalue weighted by Gasteiger charge is -2.17. The van der Waals surface area contributed by atoms with Crippen molar-refractivity contribution in [1.82, 2.24) is 10.2 Å². The lowest BCUT2D eigenvalue weighted by molar-refractivity contribution is -0.123. The Bertz CT molecular complexity index is 687. The van der Waals surface area contributed by atoms with E-state index >= 15 is 0 Å². The zero-order valence-corrected chi connectivity index (χ0v) is 14.4. The molecule has 0 bridgehead atoms. The van der Waals surface area contributed by atoms with Gasteiger partial charge in [-0.25, -0.2) is 0 Å². The van der Waals surface area contributed by atoms with Crippen LogP contribution in [0.1, 0.15) is 38.8 Å². The van der Waals surface area contributed by atoms with Gasteiger partial charge in [0.2, 0.25) is 5.91 Å². The summed E-state index contributed by atoms with van der Waals surface area (Å²) in [5.74, 6) is 1.03. The lowest BCUT2D eigenvalue weighted by Crippen LogP contribution is -2.28. The summed E-state index contributed by atoms with van der Waals surface area (Å²) >= 11 is 0. The van der Waals surface area contributed by atoms with Crippen molar-refractivity contribution in [2.45, 2.75) is 41.0 Å². The third kappa shape index (κ3) is 4.28. The highest BCUT2D eigenvalue weighted by atomic mass is 16.2. The van der Waals surface area contributed by atoms with Crippen LogP contribution in [0.25, 0.3) is 0 Å². The molecule has 0 radical (unpaired) electrons. The Morgan fingerprint density at radius 1 is 1.09 bits per heavy atom. The van der Waals surface area contributed by atoms with Gasteiger partial charge in [-0.3, -0.25) is 4.79 Å². The van der Waals surface area contributed by atoms with Crippen LogP contribution in [0.3, 0.4) is 0 Å². The molecule has 0 atom stereocenters. The molecule has 0 saturated heterocycles. The van der Waals surface area contributed by atoms with E-state index < -0.39 is 5.41 Å². The number of nitrogens with one attached hydrogen (secondary N) is 2. The molecule has 122 valence electrons. The second-order valence-corrected chi connectivity index (χ2v) is 6.60. The molecule has 1 aromatic heterocycles. The van der Waals surface area contributed by atoms with Crippen LogP contribution in [0.15, 0.2) is 30.3 Å². The Hall–Kier alpha value is -2.43. The molecule has 2 N–H and O–H groups in total. The fourth-order valence-corrected chi connectivity index (χ4v) is 2.10. The number of hydrogen-bond donors (Lipinski definition) is 2. The van der Waals surface area contributed by atoms with Crippen molar-refractivity contribution in [1.29, 1.82) is 0 Å². The molecule has 1 amide bonds. The molecule has 0 unspecified atom stereocenters. The molecule has 5 heteroatoms. The van der Waals surface area contributed by atoms with Gasteiger partial charge in [-0.1, -0.05) is 45.9 Å². The number of rotatable bonds is 4. The van der Waals surface area contributed by atoms with Crippen molar-refractivity contribution < 1.29 is 4.79 Å². The Labute approximate surface area is 137 Å². The summed E-state index contributed by atoms with van der Waals surface area (Å²) in [6, 6.07) is 9.78. The largest absolute Gasteiger partial charge is 0.338 e. The summed E-state index contributed by atoms with van der Waals surface area (Å²) in [7, 11) is 0. The van der Waals surface area contributed by atoms with Crippen molar-refractivity contribution in [2.75, 3.05) is 10.6 Å². The van der Waals surface area contributed by atoms with Crippen LogP contribution in [0.2, 0.25) is 0 Å². The van der Waals surface area contributed by atoms with Gasteiger partial charge in [0, 0.05) is 11.1 Å². The zero-order valence-electron chi connectivity index (χ0n) is 14.4. The van der Waals surface area contributed by atoms with Crippen molar-refractivity contribution in [3.05, 3.63) is 41.5 Å². The highest BCUT2D eigenvalue weighted by molar-refractivity contribution is 5.93. The summed E-state index contributed by atoms with van der Waals surface area (Å²) in [5.41, 5.74) is 3.00. The molecule has 1 heterocycles. The number of nitrogens with zero attached hydrogens (tertiary/aromatic N) is 2. The van der Waals surface area contributed by atoms with Gasteiger partial charge < -0.3 is 10.6 Å². The Morgan fingerprint density at radius 2 is 1.74 bits per heavy atom. The first-order valence-corrected chi connectivity index (χ1v) is 7.82. The van der Waals surface area contributed by atoms with Crippen LogP contribution in [0, 0.1) is 12.3 Å². The smallest absolute Gasteiger partial charge is 0.230 e. The maximum Gasteiger partial charge on any atom is 0.230 e. The van der Waals surface area contributed by atoms with Crippen LogP contribution in [0.4, 0.5) is 17.3 Å². The first-order chi connectivity index (χ1) is 10.8. The van der Waals surface area contributed by atoms with E-state index in [1.165, 1.54) is 5.56 Å².